The van der Waals surface area contributed by atoms with E-state index in [-0.39, 0.29) is 17.9 Å². The highest BCUT2D eigenvalue weighted by molar-refractivity contribution is 5.93. The number of pyridine rings is 1. The van der Waals surface area contributed by atoms with Crippen molar-refractivity contribution in [2.24, 2.45) is 11.7 Å². The van der Waals surface area contributed by atoms with Crippen molar-refractivity contribution in [3.05, 3.63) is 72.4 Å². The van der Waals surface area contributed by atoms with E-state index in [1.165, 1.54) is 0 Å². The number of carbonyl (C=O) groups excluding carboxylic acids is 2. The average molecular weight is 515 g/mol. The summed E-state index contributed by atoms with van der Waals surface area (Å²) < 4.78 is 13.5. The molecule has 2 aliphatic rings. The number of hydrogen-bond donors (Lipinski definition) is 3. The van der Waals surface area contributed by atoms with Crippen LogP contribution in [0.2, 0.25) is 0 Å². The molecule has 0 saturated heterocycles. The SMILES string of the molecule is CC(=O)NC1CCC(CC(=O)Nc2cnc(-c3ccc(C4(N)CC(F)C4)cc3)c(-c3ccccc3)c2)CC1. The van der Waals surface area contributed by atoms with Crippen LogP contribution in [0.25, 0.3) is 22.4 Å². The van der Waals surface area contributed by atoms with Gasteiger partial charge in [0.05, 0.1) is 17.6 Å². The van der Waals surface area contributed by atoms with Gasteiger partial charge < -0.3 is 16.4 Å². The van der Waals surface area contributed by atoms with Crippen molar-refractivity contribution < 1.29 is 14.0 Å². The lowest BCUT2D eigenvalue weighted by Crippen LogP contribution is -2.50. The van der Waals surface area contributed by atoms with Gasteiger partial charge in [-0.3, -0.25) is 14.6 Å². The van der Waals surface area contributed by atoms with Gasteiger partial charge >= 0.3 is 0 Å². The monoisotopic (exact) mass is 514 g/mol. The molecular weight excluding hydrogens is 479 g/mol. The minimum absolute atomic E-state index is 0.00361. The van der Waals surface area contributed by atoms with E-state index in [0.29, 0.717) is 30.9 Å². The number of carbonyl (C=O) groups is 2. The summed E-state index contributed by atoms with van der Waals surface area (Å²) in [7, 11) is 0. The molecular formula is C31H35FN4O2. The quantitative estimate of drug-likeness (QED) is 0.375. The zero-order chi connectivity index (χ0) is 26.7. The summed E-state index contributed by atoms with van der Waals surface area (Å²) in [6, 6.07) is 20.1. The molecule has 0 unspecified atom stereocenters. The number of alkyl halides is 1. The van der Waals surface area contributed by atoms with Crippen LogP contribution in [-0.2, 0) is 15.1 Å². The Balaban J connectivity index is 1.31. The highest BCUT2D eigenvalue weighted by Gasteiger charge is 2.42. The fourth-order valence-electron chi connectivity index (χ4n) is 5.80. The van der Waals surface area contributed by atoms with Crippen LogP contribution < -0.4 is 16.4 Å². The molecule has 5 rings (SSSR count). The summed E-state index contributed by atoms with van der Waals surface area (Å²) in [5.41, 5.74) is 11.0. The summed E-state index contributed by atoms with van der Waals surface area (Å²) in [6.45, 7) is 1.55. The lowest BCUT2D eigenvalue weighted by atomic mass is 9.71. The summed E-state index contributed by atoms with van der Waals surface area (Å²) in [5, 5.41) is 6.03. The number of aromatic nitrogens is 1. The molecule has 0 radical (unpaired) electrons. The van der Waals surface area contributed by atoms with Crippen molar-refractivity contribution in [2.75, 3.05) is 5.32 Å². The van der Waals surface area contributed by atoms with Crippen molar-refractivity contribution >= 4 is 17.5 Å². The maximum absolute atomic E-state index is 13.5. The number of nitrogens with zero attached hydrogens (tertiary/aromatic N) is 1. The topological polar surface area (TPSA) is 97.1 Å². The van der Waals surface area contributed by atoms with E-state index in [0.717, 1.165) is 53.6 Å². The lowest BCUT2D eigenvalue weighted by molar-refractivity contribution is -0.120. The molecule has 2 amide bonds. The molecule has 7 heteroatoms. The average Bonchev–Trinajstić information content (AvgIpc) is 2.89. The molecule has 0 bridgehead atoms. The van der Waals surface area contributed by atoms with E-state index in [1.807, 2.05) is 60.7 Å². The summed E-state index contributed by atoms with van der Waals surface area (Å²) in [4.78, 5) is 28.9. The molecule has 0 atom stereocenters. The van der Waals surface area contributed by atoms with Gasteiger partial charge in [-0.15, -0.1) is 0 Å². The molecule has 38 heavy (non-hydrogen) atoms. The van der Waals surface area contributed by atoms with Gasteiger partial charge in [0.1, 0.15) is 6.17 Å². The van der Waals surface area contributed by atoms with Crippen LogP contribution in [0, 0.1) is 5.92 Å². The first-order chi connectivity index (χ1) is 18.3. The lowest BCUT2D eigenvalue weighted by Gasteiger charge is -2.41. The van der Waals surface area contributed by atoms with Crippen LogP contribution in [0.3, 0.4) is 0 Å². The van der Waals surface area contributed by atoms with Crippen LogP contribution in [0.4, 0.5) is 10.1 Å². The highest BCUT2D eigenvalue weighted by Crippen LogP contribution is 2.42. The van der Waals surface area contributed by atoms with E-state index in [1.54, 1.807) is 13.1 Å². The first-order valence-corrected chi connectivity index (χ1v) is 13.5. The first kappa shape index (κ1) is 26.0. The Kier molecular flexibility index (Phi) is 7.56. The number of halogens is 1. The molecule has 198 valence electrons. The molecule has 2 aromatic carbocycles. The maximum Gasteiger partial charge on any atom is 0.224 e. The van der Waals surface area contributed by atoms with Crippen LogP contribution in [0.1, 0.15) is 57.4 Å². The van der Waals surface area contributed by atoms with Crippen molar-refractivity contribution in [3.8, 4) is 22.4 Å². The number of amides is 2. The van der Waals surface area contributed by atoms with Gasteiger partial charge in [-0.05, 0) is 48.8 Å². The molecule has 2 aliphatic carbocycles. The number of nitrogens with one attached hydrogen (secondary N) is 2. The Hall–Kier alpha value is -3.58. The number of anilines is 1. The molecule has 1 aromatic heterocycles. The predicted molar refractivity (Wildman–Crippen MR) is 148 cm³/mol. The Bertz CT molecular complexity index is 1280. The van der Waals surface area contributed by atoms with E-state index in [4.69, 9.17) is 10.7 Å². The molecule has 0 aliphatic heterocycles. The molecule has 2 saturated carbocycles. The second-order valence-corrected chi connectivity index (χ2v) is 10.9. The van der Waals surface area contributed by atoms with Gasteiger partial charge in [-0.25, -0.2) is 4.39 Å². The Morgan fingerprint density at radius 2 is 1.68 bits per heavy atom. The normalized spacial score (nSPS) is 24.8. The molecule has 1 heterocycles. The van der Waals surface area contributed by atoms with Gasteiger partial charge in [0.15, 0.2) is 0 Å². The number of nitrogens with two attached hydrogens (primary N) is 1. The van der Waals surface area contributed by atoms with Crippen molar-refractivity contribution in [2.45, 2.75) is 69.6 Å². The second-order valence-electron chi connectivity index (χ2n) is 10.9. The largest absolute Gasteiger partial charge is 0.354 e. The third-order valence-corrected chi connectivity index (χ3v) is 7.89. The summed E-state index contributed by atoms with van der Waals surface area (Å²) >= 11 is 0. The van der Waals surface area contributed by atoms with Crippen LogP contribution >= 0.6 is 0 Å². The van der Waals surface area contributed by atoms with E-state index in [9.17, 15) is 14.0 Å². The van der Waals surface area contributed by atoms with Gasteiger partial charge in [-0.2, -0.15) is 0 Å². The standard InChI is InChI=1S/C31H35FN4O2/c1-20(37)35-26-13-7-21(8-14-26)15-29(38)36-27-16-28(22-5-3-2-4-6-22)30(34-19-27)23-9-11-24(12-10-23)31(33)17-25(32)18-31/h2-6,9-12,16,19,21,25-26H,7-8,13-15,17-18,33H2,1H3,(H,35,37)(H,36,38). The molecule has 4 N–H and O–H groups in total. The number of hydrogen-bond acceptors (Lipinski definition) is 4. The highest BCUT2D eigenvalue weighted by atomic mass is 19.1. The Morgan fingerprint density at radius 1 is 1.00 bits per heavy atom. The molecule has 3 aromatic rings. The van der Waals surface area contributed by atoms with Gasteiger partial charge in [0.25, 0.3) is 0 Å². The summed E-state index contributed by atoms with van der Waals surface area (Å²) in [5.74, 6) is 0.295. The zero-order valence-corrected chi connectivity index (χ0v) is 21.8. The van der Waals surface area contributed by atoms with Crippen molar-refractivity contribution in [3.63, 3.8) is 0 Å². The number of benzene rings is 2. The van der Waals surface area contributed by atoms with E-state index in [2.05, 4.69) is 10.6 Å². The Morgan fingerprint density at radius 3 is 2.32 bits per heavy atom. The predicted octanol–water partition coefficient (Wildman–Crippen LogP) is 5.73. The van der Waals surface area contributed by atoms with Crippen LogP contribution in [0.5, 0.6) is 0 Å². The molecule has 0 spiro atoms. The third kappa shape index (κ3) is 5.94. The van der Waals surface area contributed by atoms with Gasteiger partial charge in [-0.1, -0.05) is 54.6 Å². The fraction of sp³-hybridized carbons (Fsp3) is 0.387. The van der Waals surface area contributed by atoms with Crippen LogP contribution in [0.15, 0.2) is 66.9 Å². The molecule has 2 fully saturated rings. The van der Waals surface area contributed by atoms with Gasteiger partial charge in [0.2, 0.25) is 11.8 Å². The molecule has 6 nitrogen and oxygen atoms in total. The fourth-order valence-corrected chi connectivity index (χ4v) is 5.80. The summed E-state index contributed by atoms with van der Waals surface area (Å²) in [6.07, 6.45) is 5.70. The number of rotatable bonds is 7. The maximum atomic E-state index is 13.5. The third-order valence-electron chi connectivity index (χ3n) is 7.89. The van der Waals surface area contributed by atoms with Crippen molar-refractivity contribution in [1.82, 2.24) is 10.3 Å². The van der Waals surface area contributed by atoms with E-state index >= 15 is 0 Å². The smallest absolute Gasteiger partial charge is 0.224 e. The van der Waals surface area contributed by atoms with Crippen LogP contribution in [-0.4, -0.2) is 29.0 Å². The Labute approximate surface area is 223 Å². The van der Waals surface area contributed by atoms with E-state index < -0.39 is 11.7 Å². The van der Waals surface area contributed by atoms with Crippen molar-refractivity contribution in [1.29, 1.82) is 0 Å². The zero-order valence-electron chi connectivity index (χ0n) is 21.8. The van der Waals surface area contributed by atoms with Gasteiger partial charge in [0, 0.05) is 48.9 Å². The minimum atomic E-state index is -0.826. The minimum Gasteiger partial charge on any atom is -0.354 e. The first-order valence-electron chi connectivity index (χ1n) is 13.5. The second kappa shape index (κ2) is 11.0.